The molecule has 0 saturated carbocycles. The van der Waals surface area contributed by atoms with Crippen LogP contribution in [0.3, 0.4) is 0 Å². The average Bonchev–Trinajstić information content (AvgIpc) is 2.72. The van der Waals surface area contributed by atoms with E-state index in [1.807, 2.05) is 25.1 Å². The van der Waals surface area contributed by atoms with Crippen LogP contribution in [0.2, 0.25) is 0 Å². The third-order valence-corrected chi connectivity index (χ3v) is 4.15. The number of benzene rings is 2. The Morgan fingerprint density at radius 1 is 1.07 bits per heavy atom. The Balaban J connectivity index is 1.62. The number of nitrogens with zero attached hydrogens (tertiary/aromatic N) is 2. The predicted octanol–water partition coefficient (Wildman–Crippen LogP) is 5.44. The first kappa shape index (κ1) is 21.2. The number of aromatic nitrogens is 1. The van der Waals surface area contributed by atoms with Gasteiger partial charge in [0.25, 0.3) is 0 Å². The summed E-state index contributed by atoms with van der Waals surface area (Å²) in [5, 5.41) is 4.00. The smallest absolute Gasteiger partial charge is 0.417 e. The van der Waals surface area contributed by atoms with Crippen LogP contribution in [-0.2, 0) is 12.8 Å². The maximum atomic E-state index is 12.6. The van der Waals surface area contributed by atoms with E-state index in [1.54, 1.807) is 25.3 Å². The molecular weight excluding hydrogens is 395 g/mol. The Morgan fingerprint density at radius 2 is 1.90 bits per heavy atom. The first-order valence-electron chi connectivity index (χ1n) is 9.04. The molecular formula is C22H20F3N3O2. The Morgan fingerprint density at radius 3 is 2.57 bits per heavy atom. The van der Waals surface area contributed by atoms with E-state index < -0.39 is 11.7 Å². The van der Waals surface area contributed by atoms with Crippen LogP contribution in [0.15, 0.2) is 65.9 Å². The zero-order valence-electron chi connectivity index (χ0n) is 16.4. The molecule has 0 aliphatic carbocycles. The molecule has 0 unspecified atom stereocenters. The molecule has 156 valence electrons. The third kappa shape index (κ3) is 5.73. The highest BCUT2D eigenvalue weighted by molar-refractivity contribution is 5.81. The van der Waals surface area contributed by atoms with Gasteiger partial charge in [-0.25, -0.2) is 4.98 Å². The molecule has 0 bridgehead atoms. The van der Waals surface area contributed by atoms with Crippen LogP contribution in [0.1, 0.15) is 22.3 Å². The van der Waals surface area contributed by atoms with Crippen molar-refractivity contribution in [3.8, 4) is 11.5 Å². The molecule has 3 aromatic rings. The van der Waals surface area contributed by atoms with E-state index in [2.05, 4.69) is 21.6 Å². The highest BCUT2D eigenvalue weighted by atomic mass is 19.4. The summed E-state index contributed by atoms with van der Waals surface area (Å²) >= 11 is 0. The summed E-state index contributed by atoms with van der Waals surface area (Å²) in [5.41, 5.74) is 4.70. The maximum Gasteiger partial charge on any atom is 0.417 e. The third-order valence-electron chi connectivity index (χ3n) is 4.15. The lowest BCUT2D eigenvalue weighted by molar-refractivity contribution is -0.137. The van der Waals surface area contributed by atoms with Gasteiger partial charge in [0.05, 0.1) is 18.9 Å². The summed E-state index contributed by atoms with van der Waals surface area (Å²) in [6.07, 6.45) is -2.16. The monoisotopic (exact) mass is 415 g/mol. The lowest BCUT2D eigenvalue weighted by atomic mass is 10.1. The molecule has 0 radical (unpaired) electrons. The normalized spacial score (nSPS) is 11.5. The number of rotatable bonds is 7. The Bertz CT molecular complexity index is 1020. The van der Waals surface area contributed by atoms with Crippen molar-refractivity contribution in [2.24, 2.45) is 5.10 Å². The number of hydrazone groups is 1. The van der Waals surface area contributed by atoms with Crippen LogP contribution in [0.4, 0.5) is 19.0 Å². The molecule has 1 N–H and O–H groups in total. The molecule has 0 aliphatic rings. The fourth-order valence-corrected chi connectivity index (χ4v) is 2.65. The van der Waals surface area contributed by atoms with E-state index in [9.17, 15) is 13.2 Å². The summed E-state index contributed by atoms with van der Waals surface area (Å²) in [6, 6.07) is 15.5. The number of methoxy groups -OCH3 is 1. The van der Waals surface area contributed by atoms with Gasteiger partial charge in [-0.05, 0) is 48.4 Å². The largest absolute Gasteiger partial charge is 0.493 e. The molecule has 1 aromatic heterocycles. The number of anilines is 1. The van der Waals surface area contributed by atoms with E-state index >= 15 is 0 Å². The van der Waals surface area contributed by atoms with Gasteiger partial charge in [0.15, 0.2) is 11.5 Å². The number of hydrogen-bond acceptors (Lipinski definition) is 5. The van der Waals surface area contributed by atoms with Crippen LogP contribution >= 0.6 is 0 Å². The van der Waals surface area contributed by atoms with E-state index in [4.69, 9.17) is 9.47 Å². The second kappa shape index (κ2) is 9.30. The molecule has 0 atom stereocenters. The first-order valence-corrected chi connectivity index (χ1v) is 9.04. The van der Waals surface area contributed by atoms with Crippen molar-refractivity contribution in [3.63, 3.8) is 0 Å². The molecule has 0 amide bonds. The van der Waals surface area contributed by atoms with E-state index in [-0.39, 0.29) is 5.82 Å². The van der Waals surface area contributed by atoms with Crippen molar-refractivity contribution >= 4 is 12.0 Å². The second-order valence-electron chi connectivity index (χ2n) is 6.49. The van der Waals surface area contributed by atoms with Crippen LogP contribution in [0, 0.1) is 6.92 Å². The molecule has 5 nitrogen and oxygen atoms in total. The minimum absolute atomic E-state index is 0.198. The Hall–Kier alpha value is -3.55. The van der Waals surface area contributed by atoms with Gasteiger partial charge in [0, 0.05) is 6.20 Å². The first-order chi connectivity index (χ1) is 14.3. The molecule has 3 rings (SSSR count). The van der Waals surface area contributed by atoms with Gasteiger partial charge in [0.2, 0.25) is 0 Å². The zero-order chi connectivity index (χ0) is 21.6. The molecule has 1 heterocycles. The van der Waals surface area contributed by atoms with Gasteiger partial charge in [-0.3, -0.25) is 5.43 Å². The van der Waals surface area contributed by atoms with E-state index in [1.165, 1.54) is 12.3 Å². The minimum atomic E-state index is -4.42. The Kier molecular flexibility index (Phi) is 6.56. The fraction of sp³-hybridized carbons (Fsp3) is 0.182. The average molecular weight is 415 g/mol. The topological polar surface area (TPSA) is 55.7 Å². The standard InChI is InChI=1S/C22H20F3N3O2/c1-15-4-3-5-17(10-15)14-30-19-8-6-16(11-20(19)29-2)12-27-28-21-9-7-18(13-26-21)22(23,24)25/h3-13H,14H2,1-2H3,(H,26,28)/b27-12-. The summed E-state index contributed by atoms with van der Waals surface area (Å²) in [4.78, 5) is 3.69. The fourth-order valence-electron chi connectivity index (χ4n) is 2.65. The summed E-state index contributed by atoms with van der Waals surface area (Å²) in [7, 11) is 1.54. The summed E-state index contributed by atoms with van der Waals surface area (Å²) in [6.45, 7) is 2.43. The molecule has 0 aliphatic heterocycles. The number of halogens is 3. The lowest BCUT2D eigenvalue weighted by Gasteiger charge is -2.11. The van der Waals surface area contributed by atoms with Gasteiger partial charge < -0.3 is 9.47 Å². The molecule has 0 spiro atoms. The van der Waals surface area contributed by atoms with Gasteiger partial charge in [-0.1, -0.05) is 29.8 Å². The lowest BCUT2D eigenvalue weighted by Crippen LogP contribution is -2.05. The predicted molar refractivity (Wildman–Crippen MR) is 109 cm³/mol. The molecule has 30 heavy (non-hydrogen) atoms. The number of alkyl halides is 3. The van der Waals surface area contributed by atoms with Crippen molar-refractivity contribution in [3.05, 3.63) is 83.0 Å². The summed E-state index contributed by atoms with van der Waals surface area (Å²) in [5.74, 6) is 1.33. The van der Waals surface area contributed by atoms with Gasteiger partial charge >= 0.3 is 6.18 Å². The number of nitrogens with one attached hydrogen (secondary N) is 1. The van der Waals surface area contributed by atoms with Gasteiger partial charge in [-0.15, -0.1) is 0 Å². The molecule has 8 heteroatoms. The van der Waals surface area contributed by atoms with Crippen molar-refractivity contribution in [1.82, 2.24) is 4.98 Å². The molecule has 2 aromatic carbocycles. The van der Waals surface area contributed by atoms with Crippen molar-refractivity contribution in [2.45, 2.75) is 19.7 Å². The number of aryl methyl sites for hydroxylation is 1. The maximum absolute atomic E-state index is 12.6. The quantitative estimate of drug-likeness (QED) is 0.412. The SMILES string of the molecule is COc1cc(/C=N\Nc2ccc(C(F)(F)F)cn2)ccc1OCc1cccc(C)c1. The second-order valence-corrected chi connectivity index (χ2v) is 6.49. The highest BCUT2D eigenvalue weighted by Crippen LogP contribution is 2.29. The highest BCUT2D eigenvalue weighted by Gasteiger charge is 2.30. The van der Waals surface area contributed by atoms with E-state index in [0.717, 1.165) is 23.4 Å². The number of hydrogen-bond donors (Lipinski definition) is 1. The summed E-state index contributed by atoms with van der Waals surface area (Å²) < 4.78 is 48.9. The Labute approximate surface area is 172 Å². The van der Waals surface area contributed by atoms with E-state index in [0.29, 0.717) is 23.7 Å². The van der Waals surface area contributed by atoms with Crippen LogP contribution < -0.4 is 14.9 Å². The number of pyridine rings is 1. The van der Waals surface area contributed by atoms with Gasteiger partial charge in [0.1, 0.15) is 12.4 Å². The minimum Gasteiger partial charge on any atom is -0.493 e. The van der Waals surface area contributed by atoms with Crippen LogP contribution in [0.25, 0.3) is 0 Å². The van der Waals surface area contributed by atoms with Crippen LogP contribution in [-0.4, -0.2) is 18.3 Å². The van der Waals surface area contributed by atoms with Crippen molar-refractivity contribution in [1.29, 1.82) is 0 Å². The number of ether oxygens (including phenoxy) is 2. The molecule has 0 fully saturated rings. The van der Waals surface area contributed by atoms with Crippen molar-refractivity contribution < 1.29 is 22.6 Å². The van der Waals surface area contributed by atoms with Gasteiger partial charge in [-0.2, -0.15) is 18.3 Å². The zero-order valence-corrected chi connectivity index (χ0v) is 16.4. The van der Waals surface area contributed by atoms with Crippen molar-refractivity contribution in [2.75, 3.05) is 12.5 Å². The molecule has 0 saturated heterocycles. The van der Waals surface area contributed by atoms with Crippen LogP contribution in [0.5, 0.6) is 11.5 Å².